The Morgan fingerprint density at radius 3 is 2.26 bits per heavy atom. The van der Waals surface area contributed by atoms with E-state index in [1.54, 1.807) is 69.2 Å². The van der Waals surface area contributed by atoms with Crippen molar-refractivity contribution in [3.8, 4) is 11.5 Å². The highest BCUT2D eigenvalue weighted by Gasteiger charge is 2.49. The summed E-state index contributed by atoms with van der Waals surface area (Å²) in [6.07, 6.45) is 3.22. The Kier molecular flexibility index (Phi) is 6.69. The number of ether oxygens (including phenoxy) is 2. The molecule has 1 atom stereocenters. The first-order chi connectivity index (χ1) is 14.4. The molecule has 0 bridgehead atoms. The van der Waals surface area contributed by atoms with Crippen molar-refractivity contribution < 1.29 is 22.7 Å². The fourth-order valence-corrected chi connectivity index (χ4v) is 6.42. The Hall–Kier alpha value is -2.10. The number of hydrogen-bond donors (Lipinski definition) is 0. The second-order valence-corrected chi connectivity index (χ2v) is 12.4. The van der Waals surface area contributed by atoms with Crippen LogP contribution in [0.1, 0.15) is 34.6 Å². The van der Waals surface area contributed by atoms with Gasteiger partial charge in [0.05, 0.1) is 4.90 Å². The van der Waals surface area contributed by atoms with E-state index in [2.05, 4.69) is 4.98 Å². The van der Waals surface area contributed by atoms with Crippen LogP contribution >= 0.6 is 11.8 Å². The van der Waals surface area contributed by atoms with E-state index in [4.69, 9.17) is 9.47 Å². The molecular weight excluding hydrogens is 436 g/mol. The van der Waals surface area contributed by atoms with Gasteiger partial charge in [0.15, 0.2) is 0 Å². The zero-order valence-electron chi connectivity index (χ0n) is 18.4. The van der Waals surface area contributed by atoms with E-state index in [0.717, 1.165) is 0 Å². The largest absolute Gasteiger partial charge is 0.459 e. The smallest absolute Gasteiger partial charge is 0.326 e. The van der Waals surface area contributed by atoms with E-state index in [1.165, 1.54) is 16.4 Å². The molecule has 1 saturated heterocycles. The fraction of sp³-hybridized carbons (Fsp3) is 0.455. The number of thioether (sulfide) groups is 1. The van der Waals surface area contributed by atoms with Crippen LogP contribution in [0.3, 0.4) is 0 Å². The van der Waals surface area contributed by atoms with Crippen LogP contribution in [-0.2, 0) is 19.6 Å². The Labute approximate surface area is 188 Å². The molecular formula is C22H28N2O5S2. The lowest BCUT2D eigenvalue weighted by atomic mass is 10.0. The summed E-state index contributed by atoms with van der Waals surface area (Å²) in [6.45, 7) is 9.30. The molecule has 31 heavy (non-hydrogen) atoms. The Balaban J connectivity index is 1.88. The molecule has 2 aromatic rings. The van der Waals surface area contributed by atoms with Crippen molar-refractivity contribution in [2.24, 2.45) is 0 Å². The first kappa shape index (κ1) is 23.6. The minimum Gasteiger partial charge on any atom is -0.459 e. The Morgan fingerprint density at radius 2 is 1.68 bits per heavy atom. The van der Waals surface area contributed by atoms with E-state index in [-0.39, 0.29) is 11.4 Å². The lowest BCUT2D eigenvalue weighted by molar-refractivity contribution is -0.160. The first-order valence-corrected chi connectivity index (χ1v) is 12.4. The van der Waals surface area contributed by atoms with Crippen molar-refractivity contribution in [1.82, 2.24) is 9.29 Å². The normalized spacial score (nSPS) is 19.6. The molecule has 9 heteroatoms. The van der Waals surface area contributed by atoms with Gasteiger partial charge in [0.1, 0.15) is 23.1 Å². The lowest BCUT2D eigenvalue weighted by Crippen LogP contribution is -2.59. The van der Waals surface area contributed by atoms with Crippen LogP contribution in [0, 0.1) is 0 Å². The van der Waals surface area contributed by atoms with Gasteiger partial charge >= 0.3 is 5.97 Å². The third-order valence-corrected chi connectivity index (χ3v) is 7.91. The summed E-state index contributed by atoms with van der Waals surface area (Å²) in [7, 11) is -3.92. The van der Waals surface area contributed by atoms with Crippen molar-refractivity contribution in [3.63, 3.8) is 0 Å². The molecule has 0 saturated carbocycles. The van der Waals surface area contributed by atoms with Crippen molar-refractivity contribution in [1.29, 1.82) is 0 Å². The number of nitrogens with zero attached hydrogens (tertiary/aromatic N) is 2. The highest BCUT2D eigenvalue weighted by molar-refractivity contribution is 8.00. The second kappa shape index (κ2) is 8.80. The first-order valence-electron chi connectivity index (χ1n) is 9.97. The molecule has 3 rings (SSSR count). The molecule has 2 heterocycles. The van der Waals surface area contributed by atoms with Gasteiger partial charge in [-0.1, -0.05) is 0 Å². The quantitative estimate of drug-likeness (QED) is 0.616. The summed E-state index contributed by atoms with van der Waals surface area (Å²) in [6, 6.07) is 8.68. The molecule has 1 unspecified atom stereocenters. The zero-order chi connectivity index (χ0) is 22.9. The zero-order valence-corrected chi connectivity index (χ0v) is 20.0. The minimum atomic E-state index is -3.92. The molecule has 0 radical (unpaired) electrons. The van der Waals surface area contributed by atoms with E-state index in [0.29, 0.717) is 17.3 Å². The predicted molar refractivity (Wildman–Crippen MR) is 121 cm³/mol. The van der Waals surface area contributed by atoms with Gasteiger partial charge in [-0.2, -0.15) is 16.1 Å². The molecule has 0 N–H and O–H groups in total. The Morgan fingerprint density at radius 1 is 1.10 bits per heavy atom. The van der Waals surface area contributed by atoms with Gasteiger partial charge in [-0.3, -0.25) is 9.78 Å². The third-order valence-electron chi connectivity index (χ3n) is 4.68. The van der Waals surface area contributed by atoms with Crippen molar-refractivity contribution in [2.45, 2.75) is 55.9 Å². The summed E-state index contributed by atoms with van der Waals surface area (Å²) in [4.78, 5) is 17.0. The number of hydrogen-bond acceptors (Lipinski definition) is 7. The van der Waals surface area contributed by atoms with E-state index < -0.39 is 32.4 Å². The summed E-state index contributed by atoms with van der Waals surface area (Å²) >= 11 is 1.57. The van der Waals surface area contributed by atoms with Gasteiger partial charge in [0.2, 0.25) is 10.0 Å². The van der Waals surface area contributed by atoms with Crippen molar-refractivity contribution in [3.05, 3.63) is 48.8 Å². The molecule has 1 aliphatic rings. The van der Waals surface area contributed by atoms with Crippen LogP contribution in [0.2, 0.25) is 0 Å². The molecule has 168 valence electrons. The SMILES string of the molecule is CC(C)(C)OC(=O)C1N(S(=O)(=O)c2ccc(Oc3ccncc3)cc2)CCSC1(C)C. The fourth-order valence-electron chi connectivity index (χ4n) is 3.33. The van der Waals surface area contributed by atoms with Gasteiger partial charge in [-0.25, -0.2) is 8.42 Å². The number of carbonyl (C=O) groups is 1. The maximum absolute atomic E-state index is 13.5. The van der Waals surface area contributed by atoms with Crippen LogP contribution in [0.25, 0.3) is 0 Å². The second-order valence-electron chi connectivity index (χ2n) is 8.76. The molecule has 1 aliphatic heterocycles. The number of pyridine rings is 1. The number of aromatic nitrogens is 1. The maximum Gasteiger partial charge on any atom is 0.326 e. The van der Waals surface area contributed by atoms with Crippen LogP contribution in [0.5, 0.6) is 11.5 Å². The summed E-state index contributed by atoms with van der Waals surface area (Å²) in [5.41, 5.74) is -0.712. The summed E-state index contributed by atoms with van der Waals surface area (Å²) in [5, 5.41) is 0. The van der Waals surface area contributed by atoms with Gasteiger partial charge in [-0.05, 0) is 71.0 Å². The van der Waals surface area contributed by atoms with Crippen molar-refractivity contribution >= 4 is 27.8 Å². The summed E-state index contributed by atoms with van der Waals surface area (Å²) < 4.78 is 38.9. The monoisotopic (exact) mass is 464 g/mol. The van der Waals surface area contributed by atoms with E-state index >= 15 is 0 Å². The topological polar surface area (TPSA) is 85.8 Å². The number of rotatable bonds is 5. The lowest BCUT2D eigenvalue weighted by Gasteiger charge is -2.44. The highest BCUT2D eigenvalue weighted by atomic mass is 32.2. The van der Waals surface area contributed by atoms with Crippen LogP contribution in [0.15, 0.2) is 53.7 Å². The molecule has 1 fully saturated rings. The summed E-state index contributed by atoms with van der Waals surface area (Å²) in [5.74, 6) is 1.16. The number of esters is 1. The number of carbonyl (C=O) groups excluding carboxylic acids is 1. The van der Waals surface area contributed by atoms with Gasteiger partial charge in [0, 0.05) is 29.4 Å². The predicted octanol–water partition coefficient (Wildman–Crippen LogP) is 4.10. The van der Waals surface area contributed by atoms with Crippen LogP contribution in [-0.4, -0.2) is 52.4 Å². The Bertz CT molecular complexity index is 1020. The van der Waals surface area contributed by atoms with E-state index in [1.807, 2.05) is 13.8 Å². The van der Waals surface area contributed by atoms with E-state index in [9.17, 15) is 13.2 Å². The maximum atomic E-state index is 13.5. The third kappa shape index (κ3) is 5.58. The number of benzene rings is 1. The average molecular weight is 465 g/mol. The molecule has 0 aliphatic carbocycles. The molecule has 0 spiro atoms. The van der Waals surface area contributed by atoms with Crippen LogP contribution in [0.4, 0.5) is 0 Å². The van der Waals surface area contributed by atoms with Gasteiger partial charge in [0.25, 0.3) is 0 Å². The highest BCUT2D eigenvalue weighted by Crippen LogP contribution is 2.39. The minimum absolute atomic E-state index is 0.103. The standard InChI is InChI=1S/C22H28N2O5S2/c1-21(2,3)29-20(25)19-22(4,5)30-15-14-24(19)31(26,27)18-8-6-16(7-9-18)28-17-10-12-23-13-11-17/h6-13,19H,14-15H2,1-5H3. The average Bonchev–Trinajstić information content (AvgIpc) is 2.67. The molecule has 1 aromatic carbocycles. The van der Waals surface area contributed by atoms with Crippen LogP contribution < -0.4 is 4.74 Å². The van der Waals surface area contributed by atoms with Gasteiger partial charge < -0.3 is 9.47 Å². The molecule has 1 aromatic heterocycles. The molecule has 7 nitrogen and oxygen atoms in total. The van der Waals surface area contributed by atoms with Crippen molar-refractivity contribution in [2.75, 3.05) is 12.3 Å². The molecule has 0 amide bonds. The number of sulfonamides is 1. The van der Waals surface area contributed by atoms with Gasteiger partial charge in [-0.15, -0.1) is 0 Å².